The Labute approximate surface area is 85.1 Å². The van der Waals surface area contributed by atoms with Gasteiger partial charge in [-0.15, -0.1) is 0 Å². The Morgan fingerprint density at radius 2 is 2.00 bits per heavy atom. The summed E-state index contributed by atoms with van der Waals surface area (Å²) < 4.78 is 27.5. The van der Waals surface area contributed by atoms with Gasteiger partial charge in [-0.25, -0.2) is 8.78 Å². The standard InChI is InChI=1S/C10H9F2N3/c1-15-5-8(10(13)14-15)7-3-2-6(11)4-9(7)12/h2-5H,1H3,(H2,13,14). The fourth-order valence-electron chi connectivity index (χ4n) is 1.42. The molecule has 1 heterocycles. The molecule has 0 atom stereocenters. The Kier molecular flexibility index (Phi) is 2.15. The Morgan fingerprint density at radius 1 is 1.27 bits per heavy atom. The molecular formula is C10H9F2N3. The molecule has 0 bridgehead atoms. The van der Waals surface area contributed by atoms with Crippen molar-refractivity contribution >= 4 is 5.82 Å². The van der Waals surface area contributed by atoms with Gasteiger partial charge in [-0.1, -0.05) is 0 Å². The van der Waals surface area contributed by atoms with E-state index in [2.05, 4.69) is 5.10 Å². The quantitative estimate of drug-likeness (QED) is 0.780. The Hall–Kier alpha value is -1.91. The first-order valence-electron chi connectivity index (χ1n) is 4.32. The number of rotatable bonds is 1. The van der Waals surface area contributed by atoms with E-state index < -0.39 is 11.6 Å². The highest BCUT2D eigenvalue weighted by molar-refractivity contribution is 5.73. The van der Waals surface area contributed by atoms with Crippen molar-refractivity contribution in [2.24, 2.45) is 7.05 Å². The maximum Gasteiger partial charge on any atom is 0.153 e. The summed E-state index contributed by atoms with van der Waals surface area (Å²) in [5, 5.41) is 3.89. The molecule has 2 rings (SSSR count). The van der Waals surface area contributed by atoms with Crippen LogP contribution in [0.5, 0.6) is 0 Å². The molecule has 2 N–H and O–H groups in total. The first kappa shape index (κ1) is 9.64. The zero-order valence-electron chi connectivity index (χ0n) is 8.04. The largest absolute Gasteiger partial charge is 0.382 e. The molecule has 0 aliphatic rings. The second kappa shape index (κ2) is 3.34. The van der Waals surface area contributed by atoms with E-state index in [1.165, 1.54) is 16.8 Å². The van der Waals surface area contributed by atoms with Crippen LogP contribution in [0.1, 0.15) is 0 Å². The lowest BCUT2D eigenvalue weighted by atomic mass is 10.1. The van der Waals surface area contributed by atoms with Crippen LogP contribution in [-0.2, 0) is 7.05 Å². The lowest BCUT2D eigenvalue weighted by molar-refractivity contribution is 0.585. The number of halogens is 2. The van der Waals surface area contributed by atoms with Gasteiger partial charge in [-0.2, -0.15) is 5.10 Å². The topological polar surface area (TPSA) is 43.8 Å². The SMILES string of the molecule is Cn1cc(-c2ccc(F)cc2F)c(N)n1. The minimum atomic E-state index is -0.644. The summed E-state index contributed by atoms with van der Waals surface area (Å²) in [4.78, 5) is 0. The zero-order chi connectivity index (χ0) is 11.0. The third kappa shape index (κ3) is 1.68. The number of benzene rings is 1. The molecule has 0 unspecified atom stereocenters. The molecule has 1 aromatic carbocycles. The predicted octanol–water partition coefficient (Wildman–Crippen LogP) is 1.95. The van der Waals surface area contributed by atoms with Crippen molar-refractivity contribution in [3.05, 3.63) is 36.0 Å². The molecule has 78 valence electrons. The number of nitrogens with two attached hydrogens (primary N) is 1. The minimum absolute atomic E-state index is 0.225. The highest BCUT2D eigenvalue weighted by Gasteiger charge is 2.11. The highest BCUT2D eigenvalue weighted by Crippen LogP contribution is 2.27. The van der Waals surface area contributed by atoms with E-state index in [-0.39, 0.29) is 11.4 Å². The summed E-state index contributed by atoms with van der Waals surface area (Å²) in [6.07, 6.45) is 1.59. The predicted molar refractivity (Wildman–Crippen MR) is 53.0 cm³/mol. The minimum Gasteiger partial charge on any atom is -0.382 e. The molecule has 1 aromatic heterocycles. The van der Waals surface area contributed by atoms with E-state index in [1.54, 1.807) is 13.2 Å². The zero-order valence-corrected chi connectivity index (χ0v) is 8.04. The summed E-state index contributed by atoms with van der Waals surface area (Å²) in [6, 6.07) is 3.35. The Bertz CT molecular complexity index is 505. The van der Waals surface area contributed by atoms with E-state index in [1.807, 2.05) is 0 Å². The van der Waals surface area contributed by atoms with Gasteiger partial charge in [0, 0.05) is 30.4 Å². The molecule has 0 amide bonds. The molecule has 0 aliphatic carbocycles. The van der Waals surface area contributed by atoms with Crippen LogP contribution in [0.4, 0.5) is 14.6 Å². The Morgan fingerprint density at radius 3 is 2.53 bits per heavy atom. The smallest absolute Gasteiger partial charge is 0.153 e. The molecule has 5 heteroatoms. The van der Waals surface area contributed by atoms with Crippen molar-refractivity contribution in [2.75, 3.05) is 5.73 Å². The van der Waals surface area contributed by atoms with Crippen molar-refractivity contribution in [3.8, 4) is 11.1 Å². The fraction of sp³-hybridized carbons (Fsp3) is 0.100. The second-order valence-electron chi connectivity index (χ2n) is 3.23. The van der Waals surface area contributed by atoms with Gasteiger partial charge in [0.15, 0.2) is 5.82 Å². The molecular weight excluding hydrogens is 200 g/mol. The van der Waals surface area contributed by atoms with Gasteiger partial charge >= 0.3 is 0 Å². The molecule has 0 fully saturated rings. The number of aryl methyl sites for hydroxylation is 1. The van der Waals surface area contributed by atoms with Crippen molar-refractivity contribution in [3.63, 3.8) is 0 Å². The third-order valence-electron chi connectivity index (χ3n) is 2.08. The summed E-state index contributed by atoms with van der Waals surface area (Å²) in [5.74, 6) is -1.03. The first-order chi connectivity index (χ1) is 7.08. The van der Waals surface area contributed by atoms with Crippen molar-refractivity contribution in [2.45, 2.75) is 0 Å². The first-order valence-corrected chi connectivity index (χ1v) is 4.32. The van der Waals surface area contributed by atoms with Gasteiger partial charge in [0.1, 0.15) is 11.6 Å². The van der Waals surface area contributed by atoms with Crippen LogP contribution in [-0.4, -0.2) is 9.78 Å². The molecule has 2 aromatic rings. The second-order valence-corrected chi connectivity index (χ2v) is 3.23. The van der Waals surface area contributed by atoms with E-state index in [4.69, 9.17) is 5.73 Å². The number of hydrogen-bond donors (Lipinski definition) is 1. The number of nitrogens with zero attached hydrogens (tertiary/aromatic N) is 2. The number of aromatic nitrogens is 2. The van der Waals surface area contributed by atoms with Crippen LogP contribution in [0.15, 0.2) is 24.4 Å². The molecule has 0 aliphatic heterocycles. The molecule has 15 heavy (non-hydrogen) atoms. The average Bonchev–Trinajstić information content (AvgIpc) is 2.45. The number of nitrogen functional groups attached to an aromatic ring is 1. The van der Waals surface area contributed by atoms with Crippen molar-refractivity contribution in [1.29, 1.82) is 0 Å². The number of anilines is 1. The van der Waals surface area contributed by atoms with Crippen LogP contribution in [0.2, 0.25) is 0 Å². The van der Waals surface area contributed by atoms with E-state index in [0.717, 1.165) is 6.07 Å². The van der Waals surface area contributed by atoms with Crippen LogP contribution < -0.4 is 5.73 Å². The molecule has 0 spiro atoms. The van der Waals surface area contributed by atoms with Gasteiger partial charge in [-0.3, -0.25) is 4.68 Å². The van der Waals surface area contributed by atoms with Crippen LogP contribution in [0.25, 0.3) is 11.1 Å². The van der Waals surface area contributed by atoms with Crippen LogP contribution >= 0.6 is 0 Å². The van der Waals surface area contributed by atoms with E-state index in [0.29, 0.717) is 5.56 Å². The maximum absolute atomic E-state index is 13.4. The maximum atomic E-state index is 13.4. The van der Waals surface area contributed by atoms with Crippen molar-refractivity contribution < 1.29 is 8.78 Å². The van der Waals surface area contributed by atoms with Crippen molar-refractivity contribution in [1.82, 2.24) is 9.78 Å². The van der Waals surface area contributed by atoms with Gasteiger partial charge in [0.2, 0.25) is 0 Å². The van der Waals surface area contributed by atoms with Gasteiger partial charge in [-0.05, 0) is 12.1 Å². The highest BCUT2D eigenvalue weighted by atomic mass is 19.1. The molecule has 0 radical (unpaired) electrons. The summed E-state index contributed by atoms with van der Waals surface area (Å²) in [6.45, 7) is 0. The third-order valence-corrected chi connectivity index (χ3v) is 2.08. The van der Waals surface area contributed by atoms with E-state index >= 15 is 0 Å². The summed E-state index contributed by atoms with van der Waals surface area (Å²) in [7, 11) is 1.68. The number of hydrogen-bond acceptors (Lipinski definition) is 2. The molecule has 0 saturated carbocycles. The Balaban J connectivity index is 2.59. The summed E-state index contributed by atoms with van der Waals surface area (Å²) in [5.41, 5.74) is 6.31. The van der Waals surface area contributed by atoms with Gasteiger partial charge < -0.3 is 5.73 Å². The molecule has 3 nitrogen and oxygen atoms in total. The monoisotopic (exact) mass is 209 g/mol. The van der Waals surface area contributed by atoms with Gasteiger partial charge in [0.25, 0.3) is 0 Å². The molecule has 0 saturated heterocycles. The van der Waals surface area contributed by atoms with Crippen LogP contribution in [0.3, 0.4) is 0 Å². The van der Waals surface area contributed by atoms with E-state index in [9.17, 15) is 8.78 Å². The normalized spacial score (nSPS) is 10.6. The van der Waals surface area contributed by atoms with Gasteiger partial charge in [0.05, 0.1) is 0 Å². The fourth-order valence-corrected chi connectivity index (χ4v) is 1.42. The van der Waals surface area contributed by atoms with Crippen LogP contribution in [0, 0.1) is 11.6 Å². The lowest BCUT2D eigenvalue weighted by Crippen LogP contribution is -1.91. The average molecular weight is 209 g/mol. The lowest BCUT2D eigenvalue weighted by Gasteiger charge is -2.00. The summed E-state index contributed by atoms with van der Waals surface area (Å²) >= 11 is 0.